The second-order valence-electron chi connectivity index (χ2n) is 5.18. The summed E-state index contributed by atoms with van der Waals surface area (Å²) in [5.41, 5.74) is -2.30. The van der Waals surface area contributed by atoms with Gasteiger partial charge in [-0.1, -0.05) is 12.4 Å². The fourth-order valence-electron chi connectivity index (χ4n) is 1.95. The van der Waals surface area contributed by atoms with Gasteiger partial charge in [0.15, 0.2) is 0 Å². The molecule has 0 bridgehead atoms. The minimum Gasteiger partial charge on any atom is -0.451 e. The molecule has 4 aromatic rings. The molecule has 0 N–H and O–H groups in total. The van der Waals surface area contributed by atoms with Crippen molar-refractivity contribution in [1.82, 2.24) is 29.5 Å². The maximum absolute atomic E-state index is 12.6. The summed E-state index contributed by atoms with van der Waals surface area (Å²) in [6.45, 7) is 0. The van der Waals surface area contributed by atoms with E-state index in [2.05, 4.69) is 32.6 Å². The number of aromatic nitrogens is 6. The van der Waals surface area contributed by atoms with Crippen molar-refractivity contribution in [2.45, 2.75) is 22.8 Å². The topological polar surface area (TPSA) is 87.7 Å². The maximum Gasteiger partial charge on any atom is 2.00 e. The summed E-state index contributed by atoms with van der Waals surface area (Å²) < 4.78 is 87.2. The predicted molar refractivity (Wildman–Crippen MR) is 79.0 cm³/mol. The van der Waals surface area contributed by atoms with E-state index in [9.17, 15) is 26.3 Å². The van der Waals surface area contributed by atoms with Crippen LogP contribution in [-0.4, -0.2) is 29.5 Å². The molecule has 0 unspecified atom stereocenters. The summed E-state index contributed by atoms with van der Waals surface area (Å²) in [7, 11) is 0. The summed E-state index contributed by atoms with van der Waals surface area (Å²) in [6.07, 6.45) is -2.69. The summed E-state index contributed by atoms with van der Waals surface area (Å²) in [5, 5.41) is 6.46. The molecule has 4 rings (SSSR count). The van der Waals surface area contributed by atoms with Crippen LogP contribution < -0.4 is 0 Å². The normalized spacial score (nSPS) is 12.2. The van der Waals surface area contributed by atoms with Crippen molar-refractivity contribution in [2.24, 2.45) is 0 Å². The van der Waals surface area contributed by atoms with Gasteiger partial charge in [0.1, 0.15) is 0 Å². The molecule has 160 valence electrons. The van der Waals surface area contributed by atoms with Gasteiger partial charge in [-0.2, -0.15) is 26.3 Å². The number of hydrogen-bond donors (Lipinski definition) is 0. The fraction of sp³-hybridized carbons (Fsp3) is 0.143. The Morgan fingerprint density at radius 3 is 1.50 bits per heavy atom. The van der Waals surface area contributed by atoms with Crippen LogP contribution in [0, 0.1) is 12.4 Å². The minimum absolute atomic E-state index is 0. The maximum atomic E-state index is 12.6. The van der Waals surface area contributed by atoms with Crippen molar-refractivity contribution in [2.75, 3.05) is 0 Å². The third-order valence-electron chi connectivity index (χ3n) is 3.19. The Bertz CT molecular complexity index is 1060. The summed E-state index contributed by atoms with van der Waals surface area (Å²) in [6, 6.07) is 1.30. The smallest absolute Gasteiger partial charge is 0.451 e. The molecule has 4 heterocycles. The summed E-state index contributed by atoms with van der Waals surface area (Å²) in [4.78, 5) is 7.82. The first-order valence-electron chi connectivity index (χ1n) is 7.29. The van der Waals surface area contributed by atoms with Crippen LogP contribution in [0.25, 0.3) is 11.6 Å². The van der Waals surface area contributed by atoms with E-state index >= 15 is 0 Å². The first kappa shape index (κ1) is 22.2. The summed E-state index contributed by atoms with van der Waals surface area (Å²) >= 11 is 0.733. The van der Waals surface area contributed by atoms with Crippen LogP contribution in [0.15, 0.2) is 43.9 Å². The zero-order valence-electron chi connectivity index (χ0n) is 13.8. The van der Waals surface area contributed by atoms with E-state index in [0.717, 1.165) is 33.7 Å². The second-order valence-corrected chi connectivity index (χ2v) is 6.08. The van der Waals surface area contributed by atoms with Gasteiger partial charge in [0, 0.05) is 11.8 Å². The van der Waals surface area contributed by atoms with Gasteiger partial charge in [-0.15, -0.1) is 12.1 Å². The van der Waals surface area contributed by atoms with Gasteiger partial charge in [0.2, 0.25) is 0 Å². The molecule has 0 saturated heterocycles. The number of oxazole rings is 2. The predicted octanol–water partition coefficient (Wildman–Crippen LogP) is 3.82. The Kier molecular flexibility index (Phi) is 5.87. The van der Waals surface area contributed by atoms with Gasteiger partial charge >= 0.3 is 33.4 Å². The van der Waals surface area contributed by atoms with Crippen LogP contribution in [-0.2, 0) is 33.4 Å². The van der Waals surface area contributed by atoms with Crippen molar-refractivity contribution in [3.05, 3.63) is 48.4 Å². The SMILES string of the molecule is FC(F)(F)c1c[c-]n(-c2coc(Sc3nc(-n4[c-]cc(C(F)(F)F)n4)co3)n2)n1.[Pt+2]. The molecule has 0 aliphatic rings. The molecule has 0 saturated carbocycles. The van der Waals surface area contributed by atoms with E-state index < -0.39 is 23.7 Å². The van der Waals surface area contributed by atoms with Crippen molar-refractivity contribution in [3.63, 3.8) is 0 Å². The van der Waals surface area contributed by atoms with Crippen LogP contribution in [0.1, 0.15) is 11.4 Å². The van der Waals surface area contributed by atoms with E-state index in [1.54, 1.807) is 0 Å². The minimum atomic E-state index is -4.63. The molecule has 0 radical (unpaired) electrons. The van der Waals surface area contributed by atoms with Crippen molar-refractivity contribution in [1.29, 1.82) is 0 Å². The standard InChI is InChI=1S/C14H4F6N6O2S.Pt/c15-13(16,17)7-1-3-25(23-7)9-5-27-11(21-9)29-12-22-10(6-28-12)26-4-2-8(24-26)14(18,19)20;/h1-2,5-6H;/q-2;+2. The van der Waals surface area contributed by atoms with E-state index in [4.69, 9.17) is 8.83 Å². The Morgan fingerprint density at radius 1 is 0.767 bits per heavy atom. The first-order valence-corrected chi connectivity index (χ1v) is 8.11. The van der Waals surface area contributed by atoms with Gasteiger partial charge in [-0.25, -0.2) is 0 Å². The van der Waals surface area contributed by atoms with Crippen molar-refractivity contribution >= 4 is 11.8 Å². The van der Waals surface area contributed by atoms with Crippen LogP contribution >= 0.6 is 11.8 Å². The number of halogens is 6. The number of hydrogen-bond acceptors (Lipinski definition) is 7. The van der Waals surface area contributed by atoms with E-state index in [-0.39, 0.29) is 43.1 Å². The Labute approximate surface area is 180 Å². The first-order chi connectivity index (χ1) is 13.6. The molecular formula is C14H4F6N6O2PtS. The average Bonchev–Trinajstić information content (AvgIpc) is 3.40. The van der Waals surface area contributed by atoms with Crippen molar-refractivity contribution in [3.8, 4) is 11.6 Å². The van der Waals surface area contributed by atoms with Gasteiger partial charge in [-0.3, -0.25) is 20.2 Å². The van der Waals surface area contributed by atoms with Crippen LogP contribution in [0.2, 0.25) is 0 Å². The number of alkyl halides is 6. The number of rotatable bonds is 4. The van der Waals surface area contributed by atoms with Crippen molar-refractivity contribution < 1.29 is 56.2 Å². The van der Waals surface area contributed by atoms with Gasteiger partial charge in [0.05, 0.1) is 35.5 Å². The zero-order chi connectivity index (χ0) is 20.8. The van der Waals surface area contributed by atoms with E-state index in [0.29, 0.717) is 12.1 Å². The molecular weight excluding hydrogens is 625 g/mol. The Hall–Kier alpha value is -2.54. The molecule has 8 nitrogen and oxygen atoms in total. The largest absolute Gasteiger partial charge is 2.00 e. The van der Waals surface area contributed by atoms with E-state index in [1.165, 1.54) is 0 Å². The molecule has 0 aliphatic heterocycles. The molecule has 0 aromatic carbocycles. The van der Waals surface area contributed by atoms with Gasteiger partial charge in [-0.05, 0) is 0 Å². The van der Waals surface area contributed by atoms with Gasteiger partial charge in [0.25, 0.3) is 10.4 Å². The quantitative estimate of drug-likeness (QED) is 0.251. The van der Waals surface area contributed by atoms with Gasteiger partial charge < -0.3 is 18.2 Å². The van der Waals surface area contributed by atoms with E-state index in [1.807, 2.05) is 0 Å². The second kappa shape index (κ2) is 7.95. The molecule has 0 amide bonds. The van der Waals surface area contributed by atoms with Crippen LogP contribution in [0.3, 0.4) is 0 Å². The number of nitrogens with zero attached hydrogens (tertiary/aromatic N) is 6. The molecule has 0 aliphatic carbocycles. The molecule has 4 aromatic heterocycles. The Balaban J connectivity index is 0.00000256. The third-order valence-corrected chi connectivity index (χ3v) is 3.92. The molecule has 0 atom stereocenters. The fourth-order valence-corrected chi connectivity index (χ4v) is 2.57. The molecule has 30 heavy (non-hydrogen) atoms. The third kappa shape index (κ3) is 4.61. The summed E-state index contributed by atoms with van der Waals surface area (Å²) in [5.74, 6) is -0.157. The molecule has 0 spiro atoms. The molecule has 0 fully saturated rings. The monoisotopic (exact) mass is 629 g/mol. The molecule has 16 heteroatoms. The average molecular weight is 629 g/mol. The Morgan fingerprint density at radius 2 is 1.17 bits per heavy atom. The zero-order valence-corrected chi connectivity index (χ0v) is 16.9. The van der Waals surface area contributed by atoms with Crippen LogP contribution in [0.4, 0.5) is 26.3 Å². The van der Waals surface area contributed by atoms with Crippen LogP contribution in [0.5, 0.6) is 0 Å².